The van der Waals surface area contributed by atoms with Crippen LogP contribution in [0.3, 0.4) is 0 Å². The zero-order valence-electron chi connectivity index (χ0n) is 10.3. The van der Waals surface area contributed by atoms with Gasteiger partial charge in [-0.3, -0.25) is 4.79 Å². The molecule has 0 aromatic heterocycles. The first kappa shape index (κ1) is 17.4. The van der Waals surface area contributed by atoms with E-state index in [2.05, 4.69) is 4.74 Å². The SMILES string of the molecule is CCOC(=O)CC(C)(C)C=CC(F)(Br)C(F)(F)F. The Morgan fingerprint density at radius 2 is 1.72 bits per heavy atom. The third kappa shape index (κ3) is 5.84. The number of hydrogen-bond acceptors (Lipinski definition) is 2. The first-order chi connectivity index (χ1) is 7.91. The fourth-order valence-corrected chi connectivity index (χ4v) is 1.20. The zero-order valence-corrected chi connectivity index (χ0v) is 11.9. The van der Waals surface area contributed by atoms with Crippen LogP contribution in [0.2, 0.25) is 0 Å². The molecule has 7 heteroatoms. The predicted octanol–water partition coefficient (Wildman–Crippen LogP) is 4.15. The van der Waals surface area contributed by atoms with Gasteiger partial charge in [0.25, 0.3) is 4.58 Å². The molecule has 0 N–H and O–H groups in total. The molecule has 106 valence electrons. The van der Waals surface area contributed by atoms with E-state index in [1.54, 1.807) is 6.92 Å². The minimum absolute atomic E-state index is 0.127. The maximum Gasteiger partial charge on any atom is 0.436 e. The number of rotatable bonds is 5. The van der Waals surface area contributed by atoms with Gasteiger partial charge in [0.1, 0.15) is 0 Å². The van der Waals surface area contributed by atoms with Crippen molar-refractivity contribution in [3.63, 3.8) is 0 Å². The van der Waals surface area contributed by atoms with Crippen molar-refractivity contribution >= 4 is 21.9 Å². The monoisotopic (exact) mass is 334 g/mol. The highest BCUT2D eigenvalue weighted by Crippen LogP contribution is 2.41. The van der Waals surface area contributed by atoms with Gasteiger partial charge in [0.15, 0.2) is 0 Å². The Labute approximate surface area is 112 Å². The molecule has 1 unspecified atom stereocenters. The van der Waals surface area contributed by atoms with E-state index < -0.39 is 22.1 Å². The molecule has 0 fully saturated rings. The molecule has 0 bridgehead atoms. The van der Waals surface area contributed by atoms with Crippen LogP contribution in [0.1, 0.15) is 27.2 Å². The molecule has 0 aromatic carbocycles. The first-order valence-corrected chi connectivity index (χ1v) is 6.01. The Balaban J connectivity index is 4.72. The second-order valence-electron chi connectivity index (χ2n) is 4.42. The van der Waals surface area contributed by atoms with Gasteiger partial charge in [-0.1, -0.05) is 19.9 Å². The Bertz CT molecular complexity index is 321. The highest BCUT2D eigenvalue weighted by molar-refractivity contribution is 9.10. The van der Waals surface area contributed by atoms with Gasteiger partial charge in [0.2, 0.25) is 0 Å². The van der Waals surface area contributed by atoms with Gasteiger partial charge in [-0.25, -0.2) is 4.39 Å². The van der Waals surface area contributed by atoms with Crippen LogP contribution in [0.25, 0.3) is 0 Å². The molecule has 0 radical (unpaired) electrons. The molecule has 0 spiro atoms. The highest BCUT2D eigenvalue weighted by atomic mass is 79.9. The van der Waals surface area contributed by atoms with E-state index in [-0.39, 0.29) is 13.0 Å². The van der Waals surface area contributed by atoms with Gasteiger partial charge in [0, 0.05) is 0 Å². The van der Waals surface area contributed by atoms with Gasteiger partial charge in [0.05, 0.1) is 13.0 Å². The van der Waals surface area contributed by atoms with E-state index in [9.17, 15) is 22.4 Å². The van der Waals surface area contributed by atoms with Crippen LogP contribution in [-0.2, 0) is 9.53 Å². The summed E-state index contributed by atoms with van der Waals surface area (Å²) in [5, 5.41) is 0. The molecule has 2 nitrogen and oxygen atoms in total. The number of hydrogen-bond donors (Lipinski definition) is 0. The summed E-state index contributed by atoms with van der Waals surface area (Å²) in [6, 6.07) is 0. The van der Waals surface area contributed by atoms with Gasteiger partial charge in [-0.05, 0) is 34.3 Å². The number of alkyl halides is 5. The molecule has 0 aliphatic rings. The second kappa shape index (κ2) is 6.04. The smallest absolute Gasteiger partial charge is 0.436 e. The van der Waals surface area contributed by atoms with Gasteiger partial charge in [-0.15, -0.1) is 0 Å². The predicted molar refractivity (Wildman–Crippen MR) is 63.0 cm³/mol. The standard InChI is InChI=1S/C11H15BrF4O2/c1-4-18-8(17)7-9(2,3)5-6-10(12,13)11(14,15)16/h5-6H,4,7H2,1-3H3. The van der Waals surface area contributed by atoms with Crippen LogP contribution < -0.4 is 0 Å². The molecule has 18 heavy (non-hydrogen) atoms. The number of allylic oxidation sites excluding steroid dienone is 2. The number of esters is 1. The Hall–Kier alpha value is -0.590. The topological polar surface area (TPSA) is 26.3 Å². The third-order valence-corrected chi connectivity index (χ3v) is 2.74. The number of carbonyl (C=O) groups is 1. The Morgan fingerprint density at radius 3 is 2.11 bits per heavy atom. The minimum Gasteiger partial charge on any atom is -0.466 e. The molecule has 0 amide bonds. The number of halogens is 5. The Morgan fingerprint density at radius 1 is 1.22 bits per heavy atom. The fourth-order valence-electron chi connectivity index (χ4n) is 1.07. The van der Waals surface area contributed by atoms with Crippen molar-refractivity contribution in [2.75, 3.05) is 6.61 Å². The summed E-state index contributed by atoms with van der Waals surface area (Å²) >= 11 is 1.96. The third-order valence-electron chi connectivity index (χ3n) is 2.03. The lowest BCUT2D eigenvalue weighted by molar-refractivity contribution is -0.176. The lowest BCUT2D eigenvalue weighted by atomic mass is 9.88. The lowest BCUT2D eigenvalue weighted by Crippen LogP contribution is -2.33. The average Bonchev–Trinajstić information content (AvgIpc) is 2.13. The molecular weight excluding hydrogens is 320 g/mol. The van der Waals surface area contributed by atoms with Gasteiger partial charge < -0.3 is 4.74 Å². The van der Waals surface area contributed by atoms with Crippen molar-refractivity contribution in [2.24, 2.45) is 5.41 Å². The maximum atomic E-state index is 13.2. The summed E-state index contributed by atoms with van der Waals surface area (Å²) in [5.74, 6) is -0.543. The second-order valence-corrected chi connectivity index (χ2v) is 5.58. The van der Waals surface area contributed by atoms with Crippen molar-refractivity contribution < 1.29 is 27.1 Å². The largest absolute Gasteiger partial charge is 0.466 e. The van der Waals surface area contributed by atoms with Gasteiger partial charge in [-0.2, -0.15) is 13.2 Å². The van der Waals surface area contributed by atoms with Crippen LogP contribution in [0.4, 0.5) is 17.6 Å². The van der Waals surface area contributed by atoms with E-state index in [0.717, 1.165) is 6.08 Å². The number of carbonyl (C=O) groups excluding carboxylic acids is 1. The molecular formula is C11H15BrF4O2. The van der Waals surface area contributed by atoms with Crippen LogP contribution in [0.15, 0.2) is 12.2 Å². The van der Waals surface area contributed by atoms with E-state index >= 15 is 0 Å². The van der Waals surface area contributed by atoms with E-state index in [1.165, 1.54) is 13.8 Å². The molecule has 1 atom stereocenters. The summed E-state index contributed by atoms with van der Waals surface area (Å²) in [7, 11) is 0. The van der Waals surface area contributed by atoms with Crippen LogP contribution in [0, 0.1) is 5.41 Å². The van der Waals surface area contributed by atoms with Crippen molar-refractivity contribution in [2.45, 2.75) is 37.9 Å². The highest BCUT2D eigenvalue weighted by Gasteiger charge is 2.52. The maximum absolute atomic E-state index is 13.2. The van der Waals surface area contributed by atoms with E-state index in [1.807, 2.05) is 15.9 Å². The van der Waals surface area contributed by atoms with Crippen molar-refractivity contribution in [3.05, 3.63) is 12.2 Å². The molecule has 0 aromatic rings. The van der Waals surface area contributed by atoms with Crippen LogP contribution >= 0.6 is 15.9 Å². The van der Waals surface area contributed by atoms with Gasteiger partial charge >= 0.3 is 12.1 Å². The molecule has 0 aliphatic carbocycles. The normalized spacial score (nSPS) is 16.7. The summed E-state index contributed by atoms with van der Waals surface area (Å²) in [5.41, 5.74) is -0.928. The average molecular weight is 335 g/mol. The van der Waals surface area contributed by atoms with Crippen LogP contribution in [0.5, 0.6) is 0 Å². The quantitative estimate of drug-likeness (QED) is 0.327. The van der Waals surface area contributed by atoms with Crippen LogP contribution in [-0.4, -0.2) is 23.3 Å². The summed E-state index contributed by atoms with van der Waals surface area (Å²) in [6.07, 6.45) is -3.82. The lowest BCUT2D eigenvalue weighted by Gasteiger charge is -2.22. The number of ether oxygens (including phenoxy) is 1. The summed E-state index contributed by atoms with van der Waals surface area (Å²) in [4.78, 5) is 11.2. The summed E-state index contributed by atoms with van der Waals surface area (Å²) < 4.78 is 51.0. The first-order valence-electron chi connectivity index (χ1n) is 5.22. The minimum atomic E-state index is -5.05. The molecule has 0 saturated heterocycles. The van der Waals surface area contributed by atoms with E-state index in [0.29, 0.717) is 6.08 Å². The molecule has 0 heterocycles. The van der Waals surface area contributed by atoms with Crippen molar-refractivity contribution in [1.82, 2.24) is 0 Å². The molecule has 0 saturated carbocycles. The van der Waals surface area contributed by atoms with Crippen molar-refractivity contribution in [3.8, 4) is 0 Å². The molecule has 0 rings (SSSR count). The van der Waals surface area contributed by atoms with E-state index in [4.69, 9.17) is 0 Å². The van der Waals surface area contributed by atoms with Crippen molar-refractivity contribution in [1.29, 1.82) is 0 Å². The molecule has 0 aliphatic heterocycles. The summed E-state index contributed by atoms with van der Waals surface area (Å²) in [6.45, 7) is 4.84. The fraction of sp³-hybridized carbons (Fsp3) is 0.727. The zero-order chi connectivity index (χ0) is 14.6. The Kier molecular flexibility index (Phi) is 5.84.